The quantitative estimate of drug-likeness (QED) is 0.442. The summed E-state index contributed by atoms with van der Waals surface area (Å²) in [6.07, 6.45) is 2.45. The van der Waals surface area contributed by atoms with Crippen LogP contribution in [-0.2, 0) is 4.79 Å². The van der Waals surface area contributed by atoms with Gasteiger partial charge in [-0.05, 0) is 36.4 Å². The Labute approximate surface area is 199 Å². The molecule has 0 aliphatic carbocycles. The summed E-state index contributed by atoms with van der Waals surface area (Å²) in [5.74, 6) is -0.0397. The summed E-state index contributed by atoms with van der Waals surface area (Å²) in [4.78, 5) is 25.4. The molecule has 3 aromatic carbocycles. The molecule has 0 saturated carbocycles. The normalized spacial score (nSPS) is 12.0. The van der Waals surface area contributed by atoms with Crippen LogP contribution < -0.4 is 29.6 Å². The summed E-state index contributed by atoms with van der Waals surface area (Å²) in [7, 11) is 1.32. The molecule has 180 valence electrons. The number of benzene rings is 3. The first-order chi connectivity index (χ1) is 16.9. The lowest BCUT2D eigenvalue weighted by molar-refractivity contribution is -0.111. The van der Waals surface area contributed by atoms with Crippen LogP contribution in [-0.4, -0.2) is 32.3 Å². The van der Waals surface area contributed by atoms with Crippen molar-refractivity contribution < 1.29 is 37.3 Å². The molecule has 0 radical (unpaired) electrons. The van der Waals surface area contributed by atoms with Gasteiger partial charge in [0.05, 0.1) is 18.4 Å². The molecule has 0 saturated heterocycles. The minimum absolute atomic E-state index is 0.0957. The lowest BCUT2D eigenvalue weighted by Gasteiger charge is -2.12. The first-order valence-electron chi connectivity index (χ1n) is 10.4. The van der Waals surface area contributed by atoms with Gasteiger partial charge in [0.2, 0.25) is 12.7 Å². The third-order valence-electron chi connectivity index (χ3n) is 4.91. The second-order valence-corrected chi connectivity index (χ2v) is 7.15. The second-order valence-electron chi connectivity index (χ2n) is 7.15. The Balaban J connectivity index is 1.48. The number of fused-ring (bicyclic) bond motifs is 1. The molecule has 0 atom stereocenters. The number of alkyl halides is 2. The molecule has 0 spiro atoms. The number of hydrogen-bond acceptors (Lipinski definition) is 6. The van der Waals surface area contributed by atoms with Crippen molar-refractivity contribution in [3.63, 3.8) is 0 Å². The van der Waals surface area contributed by atoms with Crippen LogP contribution in [0.3, 0.4) is 0 Å². The van der Waals surface area contributed by atoms with E-state index in [1.807, 2.05) is 0 Å². The van der Waals surface area contributed by atoms with Gasteiger partial charge in [-0.25, -0.2) is 0 Å². The summed E-state index contributed by atoms with van der Waals surface area (Å²) in [5.41, 5.74) is 1.18. The predicted octanol–water partition coefficient (Wildman–Crippen LogP) is 4.93. The zero-order chi connectivity index (χ0) is 24.8. The van der Waals surface area contributed by atoms with Crippen molar-refractivity contribution in [2.24, 2.45) is 0 Å². The maximum Gasteiger partial charge on any atom is 0.387 e. The number of ether oxygens (including phenoxy) is 4. The Hall–Kier alpha value is -4.60. The topological polar surface area (TPSA) is 95.1 Å². The molecule has 4 rings (SSSR count). The van der Waals surface area contributed by atoms with Gasteiger partial charge in [-0.15, -0.1) is 0 Å². The fourth-order valence-electron chi connectivity index (χ4n) is 3.34. The third-order valence-corrected chi connectivity index (χ3v) is 4.91. The van der Waals surface area contributed by atoms with E-state index in [0.29, 0.717) is 17.2 Å². The number of carbonyl (C=O) groups is 2. The van der Waals surface area contributed by atoms with E-state index < -0.39 is 18.4 Å². The number of rotatable bonds is 8. The summed E-state index contributed by atoms with van der Waals surface area (Å²) in [6.45, 7) is -2.96. The standard InChI is InChI=1S/C25H20F2N2O6/c1-32-20-8-4-5-15(23(20)35-25(26)27)9-12-22(30)29-18-7-3-2-6-17(18)24(31)28-16-10-11-19-21(13-16)34-14-33-19/h2-13,25H,14H2,1H3,(H,28,31)(H,29,30)/b12-9+. The first kappa shape index (κ1) is 23.6. The summed E-state index contributed by atoms with van der Waals surface area (Å²) >= 11 is 0. The molecule has 35 heavy (non-hydrogen) atoms. The molecule has 10 heteroatoms. The number of nitrogens with one attached hydrogen (secondary N) is 2. The van der Waals surface area contributed by atoms with Crippen molar-refractivity contribution in [1.29, 1.82) is 0 Å². The van der Waals surface area contributed by atoms with Gasteiger partial charge >= 0.3 is 6.61 Å². The van der Waals surface area contributed by atoms with Gasteiger partial charge in [-0.3, -0.25) is 9.59 Å². The smallest absolute Gasteiger partial charge is 0.387 e. The van der Waals surface area contributed by atoms with E-state index in [1.165, 1.54) is 25.3 Å². The van der Waals surface area contributed by atoms with Crippen molar-refractivity contribution in [2.75, 3.05) is 24.5 Å². The van der Waals surface area contributed by atoms with Crippen molar-refractivity contribution in [1.82, 2.24) is 0 Å². The zero-order valence-corrected chi connectivity index (χ0v) is 18.4. The van der Waals surface area contributed by atoms with Gasteiger partial charge in [0, 0.05) is 23.4 Å². The molecule has 8 nitrogen and oxygen atoms in total. The Morgan fingerprint density at radius 2 is 1.80 bits per heavy atom. The van der Waals surface area contributed by atoms with Gasteiger partial charge in [0.25, 0.3) is 5.91 Å². The molecular formula is C25H20F2N2O6. The van der Waals surface area contributed by atoms with Crippen LogP contribution in [0.2, 0.25) is 0 Å². The average Bonchev–Trinajstić information content (AvgIpc) is 3.31. The van der Waals surface area contributed by atoms with E-state index in [9.17, 15) is 18.4 Å². The van der Waals surface area contributed by atoms with Crippen LogP contribution in [0.4, 0.5) is 20.2 Å². The van der Waals surface area contributed by atoms with Crippen molar-refractivity contribution in [2.45, 2.75) is 6.61 Å². The van der Waals surface area contributed by atoms with Crippen molar-refractivity contribution in [3.8, 4) is 23.0 Å². The van der Waals surface area contributed by atoms with E-state index in [2.05, 4.69) is 15.4 Å². The minimum Gasteiger partial charge on any atom is -0.493 e. The monoisotopic (exact) mass is 482 g/mol. The van der Waals surface area contributed by atoms with Crippen molar-refractivity contribution >= 4 is 29.3 Å². The van der Waals surface area contributed by atoms with Crippen molar-refractivity contribution in [3.05, 3.63) is 77.9 Å². The summed E-state index contributed by atoms with van der Waals surface area (Å²) in [6, 6.07) is 16.0. The number of carbonyl (C=O) groups excluding carboxylic acids is 2. The summed E-state index contributed by atoms with van der Waals surface area (Å²) in [5, 5.41) is 5.38. The van der Waals surface area contributed by atoms with Crippen LogP contribution in [0.25, 0.3) is 6.08 Å². The van der Waals surface area contributed by atoms with E-state index >= 15 is 0 Å². The highest BCUT2D eigenvalue weighted by molar-refractivity contribution is 6.11. The van der Waals surface area contributed by atoms with Gasteiger partial charge < -0.3 is 29.6 Å². The maximum absolute atomic E-state index is 12.9. The van der Waals surface area contributed by atoms with Gasteiger partial charge in [-0.1, -0.05) is 24.3 Å². The highest BCUT2D eigenvalue weighted by Gasteiger charge is 2.17. The van der Waals surface area contributed by atoms with Crippen LogP contribution >= 0.6 is 0 Å². The van der Waals surface area contributed by atoms with Gasteiger partial charge in [-0.2, -0.15) is 8.78 Å². The van der Waals surface area contributed by atoms with Crippen LogP contribution in [0.5, 0.6) is 23.0 Å². The highest BCUT2D eigenvalue weighted by Crippen LogP contribution is 2.35. The minimum atomic E-state index is -3.07. The SMILES string of the molecule is COc1cccc(/C=C/C(=O)Nc2ccccc2C(=O)Nc2ccc3c(c2)OCO3)c1OC(F)F. The van der Waals surface area contributed by atoms with Gasteiger partial charge in [0.15, 0.2) is 23.0 Å². The molecule has 3 aromatic rings. The fraction of sp³-hybridized carbons (Fsp3) is 0.120. The molecule has 0 bridgehead atoms. The number of hydrogen-bond donors (Lipinski definition) is 2. The van der Waals surface area contributed by atoms with Crippen LogP contribution in [0.15, 0.2) is 66.7 Å². The highest BCUT2D eigenvalue weighted by atomic mass is 19.3. The van der Waals surface area contributed by atoms with E-state index in [-0.39, 0.29) is 35.1 Å². The second kappa shape index (κ2) is 10.6. The van der Waals surface area contributed by atoms with E-state index in [4.69, 9.17) is 14.2 Å². The molecular weight excluding hydrogens is 462 g/mol. The molecule has 1 heterocycles. The third kappa shape index (κ3) is 5.67. The molecule has 0 fully saturated rings. The Bertz CT molecular complexity index is 1280. The largest absolute Gasteiger partial charge is 0.493 e. The zero-order valence-electron chi connectivity index (χ0n) is 18.4. The van der Waals surface area contributed by atoms with Crippen LogP contribution in [0, 0.1) is 0 Å². The Morgan fingerprint density at radius 1 is 1.00 bits per heavy atom. The van der Waals surface area contributed by atoms with Gasteiger partial charge in [0.1, 0.15) is 0 Å². The first-order valence-corrected chi connectivity index (χ1v) is 10.4. The Kier molecular flexibility index (Phi) is 7.10. The number of amides is 2. The molecule has 0 unspecified atom stereocenters. The lowest BCUT2D eigenvalue weighted by atomic mass is 10.1. The van der Waals surface area contributed by atoms with Crippen LogP contribution in [0.1, 0.15) is 15.9 Å². The maximum atomic E-state index is 12.9. The Morgan fingerprint density at radius 3 is 2.60 bits per heavy atom. The molecule has 1 aliphatic rings. The average molecular weight is 482 g/mol. The predicted molar refractivity (Wildman–Crippen MR) is 124 cm³/mol. The molecule has 2 amide bonds. The summed E-state index contributed by atoms with van der Waals surface area (Å²) < 4.78 is 45.8. The number of para-hydroxylation sites is 2. The van der Waals surface area contributed by atoms with E-state index in [1.54, 1.807) is 48.5 Å². The molecule has 1 aliphatic heterocycles. The van der Waals surface area contributed by atoms with E-state index in [0.717, 1.165) is 6.08 Å². The fourth-order valence-corrected chi connectivity index (χ4v) is 3.34. The molecule has 0 aromatic heterocycles. The lowest BCUT2D eigenvalue weighted by Crippen LogP contribution is -2.17. The number of halogens is 2. The number of methoxy groups -OCH3 is 1. The number of anilines is 2. The molecule has 2 N–H and O–H groups in total.